The van der Waals surface area contributed by atoms with Gasteiger partial charge in [-0.15, -0.1) is 0 Å². The predicted octanol–water partition coefficient (Wildman–Crippen LogP) is 1.56. The summed E-state index contributed by atoms with van der Waals surface area (Å²) in [6, 6.07) is 8.59. The second-order valence-corrected chi connectivity index (χ2v) is 8.46. The van der Waals surface area contributed by atoms with Gasteiger partial charge in [-0.1, -0.05) is 29.8 Å². The molecule has 4 heteroatoms. The molecule has 0 spiro atoms. The number of rotatable bonds is 3. The third-order valence-electron chi connectivity index (χ3n) is 4.69. The highest BCUT2D eigenvalue weighted by molar-refractivity contribution is 7.91. The summed E-state index contributed by atoms with van der Waals surface area (Å²) in [6.07, 6.45) is 1.84. The molecule has 0 aliphatic carbocycles. The van der Waals surface area contributed by atoms with Gasteiger partial charge in [0.2, 0.25) is 0 Å². The zero-order chi connectivity index (χ0) is 13.5. The maximum absolute atomic E-state index is 11.7. The molecular formula is C15H21NO2S. The first-order valence-electron chi connectivity index (χ1n) is 6.96. The highest BCUT2D eigenvalue weighted by Gasteiger charge is 2.48. The van der Waals surface area contributed by atoms with Gasteiger partial charge in [0, 0.05) is 18.5 Å². The third-order valence-corrected chi connectivity index (χ3v) is 6.46. The van der Waals surface area contributed by atoms with Gasteiger partial charge in [-0.3, -0.25) is 0 Å². The maximum atomic E-state index is 11.7. The van der Waals surface area contributed by atoms with Gasteiger partial charge in [-0.25, -0.2) is 8.42 Å². The van der Waals surface area contributed by atoms with E-state index in [0.717, 1.165) is 25.9 Å². The Morgan fingerprint density at radius 1 is 1.37 bits per heavy atom. The maximum Gasteiger partial charge on any atom is 0.150 e. The fraction of sp³-hybridized carbons (Fsp3) is 0.600. The number of aryl methyl sites for hydroxylation is 1. The second kappa shape index (κ2) is 4.60. The Balaban J connectivity index is 1.80. The molecule has 1 aromatic carbocycles. The molecule has 104 valence electrons. The Labute approximate surface area is 115 Å². The minimum atomic E-state index is -2.78. The Bertz CT molecular complexity index is 576. The number of nitrogens with one attached hydrogen (secondary N) is 1. The molecule has 0 bridgehead atoms. The van der Waals surface area contributed by atoms with Crippen LogP contribution in [0.15, 0.2) is 24.3 Å². The average Bonchev–Trinajstić information content (AvgIpc) is 2.64. The van der Waals surface area contributed by atoms with Gasteiger partial charge in [-0.05, 0) is 31.2 Å². The summed E-state index contributed by atoms with van der Waals surface area (Å²) in [7, 11) is -2.78. The van der Waals surface area contributed by atoms with Crippen LogP contribution in [0.5, 0.6) is 0 Å². The Morgan fingerprint density at radius 2 is 2.16 bits per heavy atom. The van der Waals surface area contributed by atoms with Crippen molar-refractivity contribution in [2.45, 2.75) is 19.8 Å². The zero-order valence-corrected chi connectivity index (χ0v) is 12.2. The molecule has 1 N–H and O–H groups in total. The van der Waals surface area contributed by atoms with Gasteiger partial charge in [0.25, 0.3) is 0 Å². The van der Waals surface area contributed by atoms with Crippen molar-refractivity contribution in [2.75, 3.05) is 24.6 Å². The Hall–Kier alpha value is -0.870. The van der Waals surface area contributed by atoms with E-state index in [2.05, 4.69) is 36.5 Å². The van der Waals surface area contributed by atoms with Crippen molar-refractivity contribution in [3.8, 4) is 0 Å². The topological polar surface area (TPSA) is 46.2 Å². The molecule has 1 unspecified atom stereocenters. The van der Waals surface area contributed by atoms with Crippen molar-refractivity contribution in [3.63, 3.8) is 0 Å². The molecule has 0 saturated carbocycles. The largest absolute Gasteiger partial charge is 0.315 e. The molecule has 0 radical (unpaired) electrons. The zero-order valence-electron chi connectivity index (χ0n) is 11.4. The minimum Gasteiger partial charge on any atom is -0.315 e. The smallest absolute Gasteiger partial charge is 0.150 e. The summed E-state index contributed by atoms with van der Waals surface area (Å²) < 4.78 is 23.4. The van der Waals surface area contributed by atoms with Crippen LogP contribution >= 0.6 is 0 Å². The van der Waals surface area contributed by atoms with Crippen molar-refractivity contribution in [3.05, 3.63) is 35.4 Å². The van der Waals surface area contributed by atoms with E-state index >= 15 is 0 Å². The van der Waals surface area contributed by atoms with E-state index in [1.165, 1.54) is 11.1 Å². The summed E-state index contributed by atoms with van der Waals surface area (Å²) >= 11 is 0. The summed E-state index contributed by atoms with van der Waals surface area (Å²) in [5.41, 5.74) is 2.78. The summed E-state index contributed by atoms with van der Waals surface area (Å²) in [5.74, 6) is 1.10. The van der Waals surface area contributed by atoms with E-state index in [4.69, 9.17) is 0 Å². The van der Waals surface area contributed by atoms with Crippen molar-refractivity contribution in [2.24, 2.45) is 11.3 Å². The lowest BCUT2D eigenvalue weighted by Gasteiger charge is -2.47. The third kappa shape index (κ3) is 2.56. The lowest BCUT2D eigenvalue weighted by molar-refractivity contribution is 0.0924. The number of hydrogen-bond acceptors (Lipinski definition) is 3. The first-order chi connectivity index (χ1) is 8.99. The molecule has 2 heterocycles. The normalized spacial score (nSPS) is 27.9. The van der Waals surface area contributed by atoms with Crippen LogP contribution < -0.4 is 5.32 Å². The molecule has 0 aromatic heterocycles. The lowest BCUT2D eigenvalue weighted by Crippen LogP contribution is -2.59. The van der Waals surface area contributed by atoms with Crippen LogP contribution in [-0.2, 0) is 16.3 Å². The van der Waals surface area contributed by atoms with Crippen molar-refractivity contribution in [1.29, 1.82) is 0 Å². The Kier molecular flexibility index (Phi) is 3.18. The van der Waals surface area contributed by atoms with Crippen LogP contribution in [0.4, 0.5) is 0 Å². The first-order valence-corrected chi connectivity index (χ1v) is 8.78. The van der Waals surface area contributed by atoms with Gasteiger partial charge in [0.05, 0.1) is 11.5 Å². The molecule has 2 fully saturated rings. The molecule has 3 nitrogen and oxygen atoms in total. The van der Waals surface area contributed by atoms with Gasteiger partial charge in [0.15, 0.2) is 9.84 Å². The van der Waals surface area contributed by atoms with Gasteiger partial charge in [0.1, 0.15) is 0 Å². The van der Waals surface area contributed by atoms with Gasteiger partial charge in [-0.2, -0.15) is 0 Å². The summed E-state index contributed by atoms with van der Waals surface area (Å²) in [5, 5.41) is 3.35. The fourth-order valence-electron chi connectivity index (χ4n) is 3.51. The molecule has 2 saturated heterocycles. The van der Waals surface area contributed by atoms with E-state index in [9.17, 15) is 8.42 Å². The molecular weight excluding hydrogens is 258 g/mol. The average molecular weight is 279 g/mol. The molecule has 1 aromatic rings. The molecule has 1 atom stereocenters. The minimum absolute atomic E-state index is 0.164. The van der Waals surface area contributed by atoms with E-state index in [1.807, 2.05) is 0 Å². The fourth-order valence-corrected chi connectivity index (χ4v) is 5.45. The van der Waals surface area contributed by atoms with E-state index in [1.54, 1.807) is 0 Å². The summed E-state index contributed by atoms with van der Waals surface area (Å²) in [6.45, 7) is 4.03. The van der Waals surface area contributed by atoms with Gasteiger partial charge >= 0.3 is 0 Å². The van der Waals surface area contributed by atoms with Crippen molar-refractivity contribution < 1.29 is 8.42 Å². The van der Waals surface area contributed by atoms with Crippen LogP contribution in [0.3, 0.4) is 0 Å². The monoisotopic (exact) mass is 279 g/mol. The predicted molar refractivity (Wildman–Crippen MR) is 76.9 cm³/mol. The lowest BCUT2D eigenvalue weighted by atomic mass is 9.66. The molecule has 0 amide bonds. The Morgan fingerprint density at radius 3 is 2.68 bits per heavy atom. The van der Waals surface area contributed by atoms with Crippen LogP contribution in [0, 0.1) is 18.3 Å². The van der Waals surface area contributed by atoms with E-state index in [0.29, 0.717) is 17.4 Å². The van der Waals surface area contributed by atoms with E-state index in [-0.39, 0.29) is 5.41 Å². The van der Waals surface area contributed by atoms with Crippen molar-refractivity contribution in [1.82, 2.24) is 5.32 Å². The standard InChI is InChI=1S/C15H21NO2S/c1-12-3-2-4-13(7-12)8-15(10-16-11-15)14-5-6-19(17,18)9-14/h2-4,7,14,16H,5-6,8-11H2,1H3. The number of hydrogen-bond donors (Lipinski definition) is 1. The van der Waals surface area contributed by atoms with Crippen LogP contribution in [0.1, 0.15) is 17.5 Å². The SMILES string of the molecule is Cc1cccc(CC2(C3CCS(=O)(=O)C3)CNC2)c1. The van der Waals surface area contributed by atoms with Crippen LogP contribution in [0.25, 0.3) is 0 Å². The van der Waals surface area contributed by atoms with Gasteiger partial charge < -0.3 is 5.32 Å². The summed E-state index contributed by atoms with van der Waals surface area (Å²) in [4.78, 5) is 0. The van der Waals surface area contributed by atoms with Crippen LogP contribution in [0.2, 0.25) is 0 Å². The second-order valence-electron chi connectivity index (χ2n) is 6.23. The number of benzene rings is 1. The van der Waals surface area contributed by atoms with E-state index < -0.39 is 9.84 Å². The molecule has 2 aliphatic rings. The van der Waals surface area contributed by atoms with Crippen LogP contribution in [-0.4, -0.2) is 33.0 Å². The molecule has 19 heavy (non-hydrogen) atoms. The molecule has 3 rings (SSSR count). The number of sulfone groups is 1. The quantitative estimate of drug-likeness (QED) is 0.913. The molecule has 2 aliphatic heterocycles. The highest BCUT2D eigenvalue weighted by atomic mass is 32.2. The highest BCUT2D eigenvalue weighted by Crippen LogP contribution is 2.41. The first kappa shape index (κ1) is 13.1. The van der Waals surface area contributed by atoms with Crippen molar-refractivity contribution >= 4 is 9.84 Å².